The number of fused-ring (bicyclic) bond motifs is 1. The number of carbonyl (C=O) groups is 1. The Balaban J connectivity index is 1.65. The minimum absolute atomic E-state index is 0.0891. The fraction of sp³-hybridized carbons (Fsp3) is 0.533. The van der Waals surface area contributed by atoms with Gasteiger partial charge in [0, 0.05) is 18.7 Å². The van der Waals surface area contributed by atoms with Crippen LogP contribution in [0.3, 0.4) is 0 Å². The fourth-order valence-electron chi connectivity index (χ4n) is 2.84. The zero-order chi connectivity index (χ0) is 13.9. The summed E-state index contributed by atoms with van der Waals surface area (Å²) >= 11 is 0. The summed E-state index contributed by atoms with van der Waals surface area (Å²) in [5.41, 5.74) is 0.682. The number of rotatable bonds is 3. The molecule has 0 spiro atoms. The Morgan fingerprint density at radius 3 is 2.80 bits per heavy atom. The van der Waals surface area contributed by atoms with Gasteiger partial charge in [0.25, 0.3) is 5.91 Å². The molecule has 1 aromatic rings. The molecule has 3 rings (SSSR count). The summed E-state index contributed by atoms with van der Waals surface area (Å²) in [7, 11) is 1.98. The van der Waals surface area contributed by atoms with Crippen LogP contribution < -0.4 is 14.8 Å². The number of nitrogens with one attached hydrogen (secondary N) is 1. The zero-order valence-electron chi connectivity index (χ0n) is 11.7. The third kappa shape index (κ3) is 2.58. The number of carbonyl (C=O) groups excluding carboxylic acids is 1. The number of ether oxygens (including phenoxy) is 2. The van der Waals surface area contributed by atoms with E-state index in [1.165, 1.54) is 0 Å². The quantitative estimate of drug-likeness (QED) is 0.908. The molecule has 0 aromatic heterocycles. The van der Waals surface area contributed by atoms with Gasteiger partial charge >= 0.3 is 0 Å². The number of nitrogens with zero attached hydrogens (tertiary/aromatic N) is 1. The largest absolute Gasteiger partial charge is 0.454 e. The lowest BCUT2D eigenvalue weighted by Crippen LogP contribution is -2.40. The molecule has 0 bridgehead atoms. The van der Waals surface area contributed by atoms with Crippen molar-refractivity contribution in [3.63, 3.8) is 0 Å². The highest BCUT2D eigenvalue weighted by Crippen LogP contribution is 2.33. The van der Waals surface area contributed by atoms with E-state index in [-0.39, 0.29) is 12.7 Å². The molecule has 0 radical (unpaired) electrons. The van der Waals surface area contributed by atoms with Gasteiger partial charge in [-0.05, 0) is 50.6 Å². The summed E-state index contributed by atoms with van der Waals surface area (Å²) in [4.78, 5) is 14.4. The van der Waals surface area contributed by atoms with Crippen LogP contribution in [-0.4, -0.2) is 44.3 Å². The smallest absolute Gasteiger partial charge is 0.253 e. The normalized spacial score (nSPS) is 18.4. The maximum atomic E-state index is 12.5. The Morgan fingerprint density at radius 1 is 1.30 bits per heavy atom. The van der Waals surface area contributed by atoms with Crippen molar-refractivity contribution < 1.29 is 14.3 Å². The van der Waals surface area contributed by atoms with E-state index >= 15 is 0 Å². The maximum absolute atomic E-state index is 12.5. The molecule has 0 aliphatic carbocycles. The van der Waals surface area contributed by atoms with Gasteiger partial charge in [0.15, 0.2) is 11.5 Å². The highest BCUT2D eigenvalue weighted by atomic mass is 16.7. The van der Waals surface area contributed by atoms with E-state index in [0.717, 1.165) is 32.5 Å². The van der Waals surface area contributed by atoms with Crippen molar-refractivity contribution in [3.8, 4) is 11.5 Å². The first-order valence-corrected chi connectivity index (χ1v) is 7.11. The van der Waals surface area contributed by atoms with E-state index in [2.05, 4.69) is 5.32 Å². The molecule has 0 unspecified atom stereocenters. The van der Waals surface area contributed by atoms with Crippen LogP contribution in [0.4, 0.5) is 0 Å². The van der Waals surface area contributed by atoms with Crippen LogP contribution in [0.15, 0.2) is 18.2 Å². The van der Waals surface area contributed by atoms with Gasteiger partial charge in [-0.1, -0.05) is 0 Å². The Bertz CT molecular complexity index is 496. The second-order valence-corrected chi connectivity index (χ2v) is 5.36. The number of piperidine rings is 1. The lowest BCUT2D eigenvalue weighted by molar-refractivity contribution is 0.0690. The molecular weight excluding hydrogens is 256 g/mol. The summed E-state index contributed by atoms with van der Waals surface area (Å²) in [5, 5.41) is 3.21. The molecule has 20 heavy (non-hydrogen) atoms. The van der Waals surface area contributed by atoms with Crippen LogP contribution in [0.1, 0.15) is 23.2 Å². The molecule has 1 N–H and O–H groups in total. The predicted octanol–water partition coefficient (Wildman–Crippen LogP) is 1.49. The third-order valence-corrected chi connectivity index (χ3v) is 4.01. The second kappa shape index (κ2) is 5.71. The highest BCUT2D eigenvalue weighted by Gasteiger charge is 2.24. The number of amides is 1. The molecule has 2 aliphatic rings. The van der Waals surface area contributed by atoms with Gasteiger partial charge in [-0.25, -0.2) is 0 Å². The van der Waals surface area contributed by atoms with Gasteiger partial charge in [-0.2, -0.15) is 0 Å². The van der Waals surface area contributed by atoms with Gasteiger partial charge in [0.1, 0.15) is 0 Å². The van der Waals surface area contributed by atoms with Gasteiger partial charge in [0.05, 0.1) is 0 Å². The van der Waals surface area contributed by atoms with Crippen molar-refractivity contribution in [3.05, 3.63) is 23.8 Å². The summed E-state index contributed by atoms with van der Waals surface area (Å²) in [6.07, 6.45) is 2.13. The Kier molecular flexibility index (Phi) is 3.78. The third-order valence-electron chi connectivity index (χ3n) is 4.01. The van der Waals surface area contributed by atoms with E-state index in [4.69, 9.17) is 9.47 Å². The van der Waals surface area contributed by atoms with Crippen molar-refractivity contribution in [1.82, 2.24) is 10.2 Å². The molecule has 1 fully saturated rings. The van der Waals surface area contributed by atoms with Crippen molar-refractivity contribution in [1.29, 1.82) is 0 Å². The zero-order valence-corrected chi connectivity index (χ0v) is 11.7. The van der Waals surface area contributed by atoms with Gasteiger partial charge in [-0.3, -0.25) is 4.79 Å². The molecule has 1 aromatic carbocycles. The van der Waals surface area contributed by atoms with E-state index in [1.807, 2.05) is 24.1 Å². The molecule has 0 atom stereocenters. The van der Waals surface area contributed by atoms with Gasteiger partial charge in [0.2, 0.25) is 6.79 Å². The van der Waals surface area contributed by atoms with Crippen LogP contribution >= 0.6 is 0 Å². The van der Waals surface area contributed by atoms with Crippen LogP contribution in [0.5, 0.6) is 11.5 Å². The van der Waals surface area contributed by atoms with Crippen molar-refractivity contribution in [2.24, 2.45) is 5.92 Å². The van der Waals surface area contributed by atoms with Crippen LogP contribution in [0.25, 0.3) is 0 Å². The minimum atomic E-state index is 0.0891. The number of benzene rings is 1. The van der Waals surface area contributed by atoms with Crippen LogP contribution in [0.2, 0.25) is 0 Å². The second-order valence-electron chi connectivity index (χ2n) is 5.36. The average molecular weight is 276 g/mol. The highest BCUT2D eigenvalue weighted by molar-refractivity contribution is 5.95. The lowest BCUT2D eigenvalue weighted by Gasteiger charge is -2.32. The summed E-state index contributed by atoms with van der Waals surface area (Å²) in [5.74, 6) is 2.15. The first-order valence-electron chi connectivity index (χ1n) is 7.11. The number of hydrogen-bond donors (Lipinski definition) is 1. The summed E-state index contributed by atoms with van der Waals surface area (Å²) in [6, 6.07) is 5.41. The Hall–Kier alpha value is -1.75. The van der Waals surface area contributed by atoms with Crippen molar-refractivity contribution in [2.75, 3.05) is 33.5 Å². The fourth-order valence-corrected chi connectivity index (χ4v) is 2.84. The molecule has 1 saturated heterocycles. The monoisotopic (exact) mass is 276 g/mol. The van der Waals surface area contributed by atoms with Gasteiger partial charge in [-0.15, -0.1) is 0 Å². The summed E-state index contributed by atoms with van der Waals surface area (Å²) in [6.45, 7) is 2.94. The maximum Gasteiger partial charge on any atom is 0.253 e. The Morgan fingerprint density at radius 2 is 2.05 bits per heavy atom. The molecule has 1 amide bonds. The van der Waals surface area contributed by atoms with Crippen molar-refractivity contribution in [2.45, 2.75) is 12.8 Å². The standard InChI is InChI=1S/C15H20N2O3/c1-16-9-11-4-6-17(7-5-11)15(18)12-2-3-13-14(8-12)20-10-19-13/h2-3,8,11,16H,4-7,9-10H2,1H3. The summed E-state index contributed by atoms with van der Waals surface area (Å²) < 4.78 is 10.6. The van der Waals surface area contributed by atoms with E-state index in [0.29, 0.717) is 23.0 Å². The van der Waals surface area contributed by atoms with Crippen LogP contribution in [-0.2, 0) is 0 Å². The average Bonchev–Trinajstić information content (AvgIpc) is 2.95. The molecule has 0 saturated carbocycles. The minimum Gasteiger partial charge on any atom is -0.454 e. The predicted molar refractivity (Wildman–Crippen MR) is 75.1 cm³/mol. The number of hydrogen-bond acceptors (Lipinski definition) is 4. The lowest BCUT2D eigenvalue weighted by atomic mass is 9.96. The van der Waals surface area contributed by atoms with E-state index < -0.39 is 0 Å². The molecular formula is C15H20N2O3. The topological polar surface area (TPSA) is 50.8 Å². The SMILES string of the molecule is CNCC1CCN(C(=O)c2ccc3c(c2)OCO3)CC1. The van der Waals surface area contributed by atoms with Gasteiger partial charge < -0.3 is 19.7 Å². The molecule has 2 aliphatic heterocycles. The molecule has 2 heterocycles. The molecule has 108 valence electrons. The van der Waals surface area contributed by atoms with Crippen molar-refractivity contribution >= 4 is 5.91 Å². The molecule has 5 nitrogen and oxygen atoms in total. The van der Waals surface area contributed by atoms with E-state index in [9.17, 15) is 4.79 Å². The van der Waals surface area contributed by atoms with E-state index in [1.54, 1.807) is 6.07 Å². The first-order chi connectivity index (χ1) is 9.78. The number of likely N-dealkylation sites (tertiary alicyclic amines) is 1. The first kappa shape index (κ1) is 13.2. The molecule has 5 heteroatoms. The van der Waals surface area contributed by atoms with Crippen LogP contribution in [0, 0.1) is 5.92 Å². The Labute approximate surface area is 118 Å².